The maximum absolute atomic E-state index is 10.4. The van der Waals surface area contributed by atoms with Gasteiger partial charge in [0.15, 0.2) is 0 Å². The van der Waals surface area contributed by atoms with E-state index in [2.05, 4.69) is 29.2 Å². The Kier molecular flexibility index (Phi) is 4.46. The Morgan fingerprint density at radius 2 is 1.79 bits per heavy atom. The minimum atomic E-state index is -0.228. The molecule has 0 saturated carbocycles. The predicted octanol–water partition coefficient (Wildman–Crippen LogP) is 3.50. The lowest BCUT2D eigenvalue weighted by atomic mass is 10.0. The number of rotatable bonds is 5. The largest absolute Gasteiger partial charge is 0.378 e. The van der Waals surface area contributed by atoms with Crippen LogP contribution in [-0.2, 0) is 0 Å². The van der Waals surface area contributed by atoms with Gasteiger partial charge in [-0.2, -0.15) is 0 Å². The van der Waals surface area contributed by atoms with Gasteiger partial charge in [-0.05, 0) is 44.2 Å². The second kappa shape index (κ2) is 6.29. The van der Waals surface area contributed by atoms with Crippen LogP contribution in [0.15, 0.2) is 35.2 Å². The Hall–Kier alpha value is -0.510. The Morgan fingerprint density at radius 3 is 2.47 bits per heavy atom. The molecule has 2 bridgehead atoms. The minimum Gasteiger partial charge on any atom is -0.378 e. The zero-order chi connectivity index (χ0) is 13.1. The molecule has 19 heavy (non-hydrogen) atoms. The molecule has 104 valence electrons. The second-order valence-corrected chi connectivity index (χ2v) is 6.86. The monoisotopic (exact) mass is 277 g/mol. The van der Waals surface area contributed by atoms with Gasteiger partial charge in [-0.1, -0.05) is 24.6 Å². The molecule has 1 N–H and O–H groups in total. The molecule has 2 fully saturated rings. The molecule has 3 atom stereocenters. The van der Waals surface area contributed by atoms with Gasteiger partial charge >= 0.3 is 0 Å². The van der Waals surface area contributed by atoms with Crippen molar-refractivity contribution < 1.29 is 5.11 Å². The highest BCUT2D eigenvalue weighted by atomic mass is 32.2. The van der Waals surface area contributed by atoms with E-state index in [1.165, 1.54) is 37.0 Å². The normalized spacial score (nSPS) is 28.5. The van der Waals surface area contributed by atoms with Crippen molar-refractivity contribution in [1.82, 2.24) is 4.90 Å². The Morgan fingerprint density at radius 1 is 1.11 bits per heavy atom. The fourth-order valence-electron chi connectivity index (χ4n) is 3.59. The highest BCUT2D eigenvalue weighted by Gasteiger charge is 2.39. The lowest BCUT2D eigenvalue weighted by molar-refractivity contribution is -0.0471. The molecule has 2 nitrogen and oxygen atoms in total. The zero-order valence-corrected chi connectivity index (χ0v) is 12.2. The van der Waals surface area contributed by atoms with E-state index in [1.807, 2.05) is 17.8 Å². The van der Waals surface area contributed by atoms with E-state index in [0.29, 0.717) is 12.1 Å². The van der Waals surface area contributed by atoms with Crippen LogP contribution in [0.25, 0.3) is 0 Å². The van der Waals surface area contributed by atoms with E-state index in [1.54, 1.807) is 0 Å². The van der Waals surface area contributed by atoms with Gasteiger partial charge in [-0.3, -0.25) is 4.90 Å². The first kappa shape index (κ1) is 13.5. The fraction of sp³-hybridized carbons (Fsp3) is 0.625. The number of aliphatic hydroxyl groups is 1. The van der Waals surface area contributed by atoms with Gasteiger partial charge in [0.25, 0.3) is 0 Å². The predicted molar refractivity (Wildman–Crippen MR) is 80.3 cm³/mol. The fourth-order valence-corrected chi connectivity index (χ4v) is 4.51. The van der Waals surface area contributed by atoms with Crippen LogP contribution in [0.1, 0.15) is 38.5 Å². The van der Waals surface area contributed by atoms with Gasteiger partial charge in [0.05, 0.1) is 0 Å². The number of hydrogen-bond donors (Lipinski definition) is 1. The van der Waals surface area contributed by atoms with Crippen LogP contribution in [0.2, 0.25) is 0 Å². The number of piperidine rings is 1. The van der Waals surface area contributed by atoms with E-state index in [4.69, 9.17) is 0 Å². The summed E-state index contributed by atoms with van der Waals surface area (Å²) in [5.41, 5.74) is 0. The van der Waals surface area contributed by atoms with Crippen LogP contribution in [0.4, 0.5) is 0 Å². The molecule has 0 aliphatic carbocycles. The summed E-state index contributed by atoms with van der Waals surface area (Å²) in [6.45, 7) is 0. The molecule has 0 amide bonds. The SMILES string of the molecule is OC(CCSc1ccccc1)N1C2CCCC1CC2. The molecule has 2 aliphatic rings. The molecule has 1 aromatic carbocycles. The van der Waals surface area contributed by atoms with Gasteiger partial charge < -0.3 is 5.11 Å². The van der Waals surface area contributed by atoms with Gasteiger partial charge in [0.1, 0.15) is 6.23 Å². The van der Waals surface area contributed by atoms with Crippen molar-refractivity contribution in [2.45, 2.75) is 61.7 Å². The molecular weight excluding hydrogens is 254 g/mol. The average molecular weight is 277 g/mol. The lowest BCUT2D eigenvalue weighted by Gasteiger charge is -2.38. The number of nitrogens with zero attached hydrogens (tertiary/aromatic N) is 1. The Bertz CT molecular complexity index is 381. The van der Waals surface area contributed by atoms with E-state index >= 15 is 0 Å². The summed E-state index contributed by atoms with van der Waals surface area (Å²) in [5.74, 6) is 1.00. The average Bonchev–Trinajstić information content (AvgIpc) is 2.70. The van der Waals surface area contributed by atoms with Crippen molar-refractivity contribution >= 4 is 11.8 Å². The van der Waals surface area contributed by atoms with Crippen molar-refractivity contribution in [3.05, 3.63) is 30.3 Å². The van der Waals surface area contributed by atoms with Crippen molar-refractivity contribution in [3.63, 3.8) is 0 Å². The lowest BCUT2D eigenvalue weighted by Crippen LogP contribution is -2.46. The molecule has 3 heteroatoms. The molecule has 0 aromatic heterocycles. The number of hydrogen-bond acceptors (Lipinski definition) is 3. The van der Waals surface area contributed by atoms with Gasteiger partial charge in [-0.25, -0.2) is 0 Å². The summed E-state index contributed by atoms with van der Waals surface area (Å²) in [6, 6.07) is 11.8. The molecule has 0 radical (unpaired) electrons. The number of fused-ring (bicyclic) bond motifs is 2. The summed E-state index contributed by atoms with van der Waals surface area (Å²) >= 11 is 1.85. The van der Waals surface area contributed by atoms with E-state index in [0.717, 1.165) is 12.2 Å². The van der Waals surface area contributed by atoms with Crippen LogP contribution in [-0.4, -0.2) is 34.1 Å². The van der Waals surface area contributed by atoms with Crippen LogP contribution >= 0.6 is 11.8 Å². The number of benzene rings is 1. The zero-order valence-electron chi connectivity index (χ0n) is 11.4. The maximum Gasteiger partial charge on any atom is 0.108 e. The quantitative estimate of drug-likeness (QED) is 0.833. The first-order valence-corrected chi connectivity index (χ1v) is 8.46. The first-order valence-electron chi connectivity index (χ1n) is 7.48. The van der Waals surface area contributed by atoms with Crippen LogP contribution in [0.5, 0.6) is 0 Å². The number of thioether (sulfide) groups is 1. The van der Waals surface area contributed by atoms with Crippen LogP contribution in [0.3, 0.4) is 0 Å². The van der Waals surface area contributed by atoms with Gasteiger partial charge in [0, 0.05) is 22.7 Å². The molecule has 3 unspecified atom stereocenters. The smallest absolute Gasteiger partial charge is 0.108 e. The van der Waals surface area contributed by atoms with Crippen molar-refractivity contribution in [3.8, 4) is 0 Å². The second-order valence-electron chi connectivity index (χ2n) is 5.69. The van der Waals surface area contributed by atoms with Crippen molar-refractivity contribution in [2.24, 2.45) is 0 Å². The number of aliphatic hydroxyl groups excluding tert-OH is 1. The summed E-state index contributed by atoms with van der Waals surface area (Å²) in [6.07, 6.45) is 7.19. The summed E-state index contributed by atoms with van der Waals surface area (Å²) in [7, 11) is 0. The maximum atomic E-state index is 10.4. The summed E-state index contributed by atoms with van der Waals surface area (Å²) in [4.78, 5) is 3.71. The molecule has 3 rings (SSSR count). The Balaban J connectivity index is 1.48. The third-order valence-electron chi connectivity index (χ3n) is 4.48. The van der Waals surface area contributed by atoms with Crippen LogP contribution < -0.4 is 0 Å². The minimum absolute atomic E-state index is 0.228. The third-order valence-corrected chi connectivity index (χ3v) is 5.53. The van der Waals surface area contributed by atoms with Crippen molar-refractivity contribution in [1.29, 1.82) is 0 Å². The van der Waals surface area contributed by atoms with E-state index in [9.17, 15) is 5.11 Å². The molecule has 2 saturated heterocycles. The van der Waals surface area contributed by atoms with Gasteiger partial charge in [0.2, 0.25) is 0 Å². The molecule has 2 aliphatic heterocycles. The Labute approximate surface area is 120 Å². The summed E-state index contributed by atoms with van der Waals surface area (Å²) in [5, 5.41) is 10.4. The standard InChI is InChI=1S/C16H23NOS/c18-16(11-12-19-15-7-2-1-3-8-15)17-13-5-4-6-14(17)10-9-13/h1-3,7-8,13-14,16,18H,4-6,9-12H2. The molecule has 2 heterocycles. The highest BCUT2D eigenvalue weighted by molar-refractivity contribution is 7.99. The van der Waals surface area contributed by atoms with Gasteiger partial charge in [-0.15, -0.1) is 11.8 Å². The topological polar surface area (TPSA) is 23.5 Å². The molecule has 1 aromatic rings. The highest BCUT2D eigenvalue weighted by Crippen LogP contribution is 2.37. The summed E-state index contributed by atoms with van der Waals surface area (Å²) < 4.78 is 0. The van der Waals surface area contributed by atoms with Crippen LogP contribution in [0, 0.1) is 0 Å². The third kappa shape index (κ3) is 3.15. The van der Waals surface area contributed by atoms with E-state index < -0.39 is 0 Å². The molecule has 0 spiro atoms. The molecular formula is C16H23NOS. The first-order chi connectivity index (χ1) is 9.34. The van der Waals surface area contributed by atoms with E-state index in [-0.39, 0.29) is 6.23 Å². The van der Waals surface area contributed by atoms with Crippen molar-refractivity contribution in [2.75, 3.05) is 5.75 Å².